The van der Waals surface area contributed by atoms with E-state index in [9.17, 15) is 4.79 Å². The first-order chi connectivity index (χ1) is 13.5. The molecule has 1 aromatic carbocycles. The van der Waals surface area contributed by atoms with Gasteiger partial charge in [-0.15, -0.1) is 5.10 Å². The third kappa shape index (κ3) is 4.36. The van der Waals surface area contributed by atoms with Crippen molar-refractivity contribution >= 4 is 38.7 Å². The van der Waals surface area contributed by atoms with Gasteiger partial charge in [-0.05, 0) is 62.6 Å². The number of anilines is 1. The molecule has 0 unspecified atom stereocenters. The van der Waals surface area contributed by atoms with Gasteiger partial charge in [-0.2, -0.15) is 0 Å². The molecule has 6 nitrogen and oxygen atoms in total. The molecule has 1 N–H and O–H groups in total. The monoisotopic (exact) mass is 439 g/mol. The van der Waals surface area contributed by atoms with E-state index >= 15 is 0 Å². The maximum absolute atomic E-state index is 10.2. The number of nitrogens with zero attached hydrogens (tertiary/aromatic N) is 4. The van der Waals surface area contributed by atoms with Crippen LogP contribution in [0.2, 0.25) is 0 Å². The molecule has 0 atom stereocenters. The minimum absolute atomic E-state index is 0.589. The lowest BCUT2D eigenvalue weighted by molar-refractivity contribution is -0.105. The maximum atomic E-state index is 10.2. The molecule has 0 fully saturated rings. The van der Waals surface area contributed by atoms with Gasteiger partial charge in [0.1, 0.15) is 5.82 Å². The van der Waals surface area contributed by atoms with Crippen LogP contribution in [0, 0.1) is 20.8 Å². The van der Waals surface area contributed by atoms with Crippen LogP contribution in [-0.2, 0) is 4.79 Å². The second-order valence-corrected chi connectivity index (χ2v) is 7.46. The van der Waals surface area contributed by atoms with Crippen molar-refractivity contribution < 1.29 is 4.79 Å². The SMILES string of the molecule is Cc1ccccc1-n1nnc(C)c1C.O=CNc1ccc2c(n1)=C(Br)CCC=2. The number of aryl methyl sites for hydroxylation is 2. The van der Waals surface area contributed by atoms with Crippen molar-refractivity contribution in [3.63, 3.8) is 0 Å². The molecule has 2 heterocycles. The normalized spacial score (nSPS) is 12.4. The van der Waals surface area contributed by atoms with Gasteiger partial charge in [0.15, 0.2) is 0 Å². The summed E-state index contributed by atoms with van der Waals surface area (Å²) in [7, 11) is 0. The lowest BCUT2D eigenvalue weighted by Crippen LogP contribution is -2.32. The van der Waals surface area contributed by atoms with E-state index in [0.29, 0.717) is 12.2 Å². The predicted molar refractivity (Wildman–Crippen MR) is 115 cm³/mol. The number of para-hydroxylation sites is 1. The van der Waals surface area contributed by atoms with Crippen LogP contribution in [0.3, 0.4) is 0 Å². The number of hydrogen-bond donors (Lipinski definition) is 1. The Morgan fingerprint density at radius 3 is 2.61 bits per heavy atom. The van der Waals surface area contributed by atoms with Crippen LogP contribution in [0.15, 0.2) is 36.4 Å². The molecule has 1 aliphatic carbocycles. The predicted octanol–water partition coefficient (Wildman–Crippen LogP) is 2.92. The summed E-state index contributed by atoms with van der Waals surface area (Å²) in [5.74, 6) is 0.589. The smallest absolute Gasteiger partial charge is 0.212 e. The van der Waals surface area contributed by atoms with Gasteiger partial charge in [-0.25, -0.2) is 9.67 Å². The molecule has 1 aliphatic rings. The Morgan fingerprint density at radius 1 is 1.14 bits per heavy atom. The van der Waals surface area contributed by atoms with E-state index in [-0.39, 0.29) is 0 Å². The number of hydrogen-bond acceptors (Lipinski definition) is 4. The maximum Gasteiger partial charge on any atom is 0.212 e. The minimum Gasteiger partial charge on any atom is -0.313 e. The van der Waals surface area contributed by atoms with Crippen LogP contribution in [0.25, 0.3) is 16.2 Å². The number of amides is 1. The standard InChI is InChI=1S/C11H13N3.C10H9BrN2O/c1-8-6-4-5-7-11(8)14-10(3)9(2)12-13-14;11-8-3-1-2-7-4-5-9(12-6-14)13-10(7)8/h4-7H,1-3H3;2,4-6H,1,3H2,(H,12,13,14). The third-order valence-electron chi connectivity index (χ3n) is 4.59. The van der Waals surface area contributed by atoms with Crippen molar-refractivity contribution in [2.24, 2.45) is 0 Å². The average molecular weight is 440 g/mol. The fourth-order valence-electron chi connectivity index (χ4n) is 2.90. The van der Waals surface area contributed by atoms with Gasteiger partial charge in [0.25, 0.3) is 0 Å². The largest absolute Gasteiger partial charge is 0.313 e. The summed E-state index contributed by atoms with van der Waals surface area (Å²) in [6.07, 6.45) is 4.80. The van der Waals surface area contributed by atoms with Crippen LogP contribution in [0.5, 0.6) is 0 Å². The van der Waals surface area contributed by atoms with Gasteiger partial charge < -0.3 is 5.32 Å². The summed E-state index contributed by atoms with van der Waals surface area (Å²) in [4.78, 5) is 14.6. The van der Waals surface area contributed by atoms with Crippen molar-refractivity contribution in [1.82, 2.24) is 20.0 Å². The number of rotatable bonds is 3. The fraction of sp³-hybridized carbons (Fsp3) is 0.238. The van der Waals surface area contributed by atoms with Crippen LogP contribution >= 0.6 is 15.9 Å². The van der Waals surface area contributed by atoms with Gasteiger partial charge >= 0.3 is 0 Å². The molecule has 0 saturated carbocycles. The lowest BCUT2D eigenvalue weighted by atomic mass is 10.1. The van der Waals surface area contributed by atoms with Crippen LogP contribution in [-0.4, -0.2) is 26.4 Å². The van der Waals surface area contributed by atoms with E-state index in [1.807, 2.05) is 36.7 Å². The van der Waals surface area contributed by atoms with E-state index < -0.39 is 0 Å². The zero-order valence-corrected chi connectivity index (χ0v) is 17.7. The van der Waals surface area contributed by atoms with E-state index in [1.54, 1.807) is 6.07 Å². The van der Waals surface area contributed by atoms with Crippen molar-refractivity contribution in [3.8, 4) is 5.69 Å². The van der Waals surface area contributed by atoms with E-state index in [4.69, 9.17) is 0 Å². The highest BCUT2D eigenvalue weighted by Gasteiger charge is 2.07. The van der Waals surface area contributed by atoms with Crippen LogP contribution in [0.4, 0.5) is 5.82 Å². The number of nitrogens with one attached hydrogen (secondary N) is 1. The van der Waals surface area contributed by atoms with E-state index in [0.717, 1.165) is 45.0 Å². The van der Waals surface area contributed by atoms with Crippen LogP contribution in [0.1, 0.15) is 29.8 Å². The molecule has 28 heavy (non-hydrogen) atoms. The summed E-state index contributed by atoms with van der Waals surface area (Å²) in [5.41, 5.74) is 4.39. The van der Waals surface area contributed by atoms with Crippen LogP contribution < -0.4 is 15.9 Å². The number of fused-ring (bicyclic) bond motifs is 1. The Labute approximate surface area is 172 Å². The Hall–Kier alpha value is -2.80. The number of pyridine rings is 1. The molecule has 0 aliphatic heterocycles. The summed E-state index contributed by atoms with van der Waals surface area (Å²) in [5, 5.41) is 12.8. The minimum atomic E-state index is 0.589. The Kier molecular flexibility index (Phi) is 6.36. The summed E-state index contributed by atoms with van der Waals surface area (Å²) >= 11 is 3.49. The van der Waals surface area contributed by atoms with Gasteiger partial charge in [-0.3, -0.25) is 4.79 Å². The Bertz CT molecular complexity index is 1120. The number of benzene rings is 1. The average Bonchev–Trinajstić information content (AvgIpc) is 3.02. The zero-order chi connectivity index (χ0) is 20.1. The molecule has 0 saturated heterocycles. The number of halogens is 1. The van der Waals surface area contributed by atoms with Crippen molar-refractivity contribution in [3.05, 3.63) is 63.9 Å². The molecule has 0 bridgehead atoms. The topological polar surface area (TPSA) is 72.7 Å². The zero-order valence-electron chi connectivity index (χ0n) is 16.1. The summed E-state index contributed by atoms with van der Waals surface area (Å²) < 4.78 is 2.98. The quantitative estimate of drug-likeness (QED) is 0.636. The summed E-state index contributed by atoms with van der Waals surface area (Å²) in [6.45, 7) is 6.07. The van der Waals surface area contributed by atoms with E-state index in [1.165, 1.54) is 5.56 Å². The van der Waals surface area contributed by atoms with Crippen molar-refractivity contribution in [2.45, 2.75) is 33.6 Å². The third-order valence-corrected chi connectivity index (χ3v) is 5.36. The summed E-state index contributed by atoms with van der Waals surface area (Å²) in [6, 6.07) is 11.9. The number of carbonyl (C=O) groups excluding carboxylic acids is 1. The molecule has 0 spiro atoms. The Morgan fingerprint density at radius 2 is 1.93 bits per heavy atom. The van der Waals surface area contributed by atoms with Crippen molar-refractivity contribution in [2.75, 3.05) is 5.32 Å². The van der Waals surface area contributed by atoms with Gasteiger partial charge in [0.05, 0.1) is 22.4 Å². The molecule has 3 aromatic rings. The first-order valence-corrected chi connectivity index (χ1v) is 9.81. The molecule has 4 rings (SSSR count). The highest BCUT2D eigenvalue weighted by molar-refractivity contribution is 9.14. The molecule has 1 amide bonds. The van der Waals surface area contributed by atoms with Crippen molar-refractivity contribution in [1.29, 1.82) is 0 Å². The molecule has 2 aromatic heterocycles. The van der Waals surface area contributed by atoms with Gasteiger partial charge in [0, 0.05) is 4.48 Å². The molecule has 144 valence electrons. The highest BCUT2D eigenvalue weighted by atomic mass is 79.9. The highest BCUT2D eigenvalue weighted by Crippen LogP contribution is 2.15. The first kappa shape index (κ1) is 19.9. The van der Waals surface area contributed by atoms with E-state index in [2.05, 4.69) is 61.7 Å². The molecular weight excluding hydrogens is 418 g/mol. The lowest BCUT2D eigenvalue weighted by Gasteiger charge is -2.05. The van der Waals surface area contributed by atoms with Gasteiger partial charge in [-0.1, -0.05) is 45.4 Å². The number of aromatic nitrogens is 4. The second-order valence-electron chi connectivity index (χ2n) is 6.50. The first-order valence-electron chi connectivity index (χ1n) is 9.02. The second kappa shape index (κ2) is 8.93. The number of carbonyl (C=O) groups is 1. The Balaban J connectivity index is 0.000000161. The molecular formula is C21H22BrN5O. The molecule has 7 heteroatoms. The molecule has 0 radical (unpaired) electrons. The fourth-order valence-corrected chi connectivity index (χ4v) is 3.45. The van der Waals surface area contributed by atoms with Gasteiger partial charge in [0.2, 0.25) is 6.41 Å².